The summed E-state index contributed by atoms with van der Waals surface area (Å²) < 4.78 is 2.25. The van der Waals surface area contributed by atoms with E-state index >= 15 is 0 Å². The van der Waals surface area contributed by atoms with E-state index in [4.69, 9.17) is 0 Å². The Balaban J connectivity index is 1.28. The molecule has 2 nitrogen and oxygen atoms in total. The van der Waals surface area contributed by atoms with E-state index in [1.54, 1.807) is 6.08 Å². The summed E-state index contributed by atoms with van der Waals surface area (Å²) in [4.78, 5) is 0. The number of nitriles is 1. The zero-order valence-electron chi connectivity index (χ0n) is 30.0. The monoisotopic (exact) mass is 688 g/mol. The summed E-state index contributed by atoms with van der Waals surface area (Å²) in [6, 6.07) is 62.8. The van der Waals surface area contributed by atoms with Crippen LogP contribution in [-0.2, 0) is 0 Å². The molecule has 9 aromatic rings. The van der Waals surface area contributed by atoms with E-state index in [9.17, 15) is 5.26 Å². The van der Waals surface area contributed by atoms with Gasteiger partial charge < -0.3 is 4.57 Å². The van der Waals surface area contributed by atoms with Gasteiger partial charge in [0.2, 0.25) is 0 Å². The molecule has 0 aliphatic rings. The smallest absolute Gasteiger partial charge is 0.101 e. The number of para-hydroxylation sites is 2. The highest BCUT2D eigenvalue weighted by atomic mass is 15.0. The van der Waals surface area contributed by atoms with E-state index in [0.29, 0.717) is 5.56 Å². The fourth-order valence-corrected chi connectivity index (χ4v) is 8.28. The fraction of sp³-hybridized carbons (Fsp3) is 0.0192. The van der Waals surface area contributed by atoms with E-state index in [1.165, 1.54) is 38.2 Å². The maximum Gasteiger partial charge on any atom is 0.101 e. The summed E-state index contributed by atoms with van der Waals surface area (Å²) >= 11 is 0. The maximum atomic E-state index is 10.6. The number of benzene rings is 8. The molecule has 1 heterocycles. The molecule has 0 radical (unpaired) electrons. The molecular weight excluding hydrogens is 653 g/mol. The maximum absolute atomic E-state index is 10.6. The van der Waals surface area contributed by atoms with E-state index < -0.39 is 0 Å². The number of nitrogens with zero attached hydrogens (tertiary/aromatic N) is 2. The average Bonchev–Trinajstić information content (AvgIpc) is 3.52. The number of fused-ring (bicyclic) bond motifs is 3. The molecule has 0 fully saturated rings. The second-order valence-electron chi connectivity index (χ2n) is 13.6. The molecule has 8 aromatic carbocycles. The van der Waals surface area contributed by atoms with Gasteiger partial charge in [-0.15, -0.1) is 0 Å². The fourth-order valence-electron chi connectivity index (χ4n) is 8.28. The predicted octanol–water partition coefficient (Wildman–Crippen LogP) is 14.0. The van der Waals surface area contributed by atoms with Crippen molar-refractivity contribution in [3.8, 4) is 56.3 Å². The quantitative estimate of drug-likeness (QED) is 0.121. The summed E-state index contributed by atoms with van der Waals surface area (Å²) in [5, 5.41) is 16.7. The highest BCUT2D eigenvalue weighted by Gasteiger charge is 2.22. The standard InChI is InChI=1S/C52H36N2/c1-3-4-31-48-35(2)40-23-14-15-32-49(40)54(48)52-39(34-53)22-17-30-47(52)42-25-9-8-24-41(42)37-20-16-21-38(33-37)51-45-28-12-10-26-43(45)50(36-18-6-5-7-19-36)44-27-11-13-29-46(44)51/h3-33H,1H2,2H3/b31-4-. The van der Waals surface area contributed by atoms with Crippen LogP contribution in [0.3, 0.4) is 0 Å². The van der Waals surface area contributed by atoms with E-state index in [0.717, 1.165) is 55.7 Å². The first-order chi connectivity index (χ1) is 26.7. The molecule has 0 spiro atoms. The number of rotatable bonds is 7. The number of aryl methyl sites for hydroxylation is 1. The molecule has 0 amide bonds. The molecule has 0 bridgehead atoms. The van der Waals surface area contributed by atoms with Crippen molar-refractivity contribution in [2.45, 2.75) is 6.92 Å². The lowest BCUT2D eigenvalue weighted by molar-refractivity contribution is 1.09. The van der Waals surface area contributed by atoms with Gasteiger partial charge in [-0.2, -0.15) is 5.26 Å². The minimum absolute atomic E-state index is 0.613. The van der Waals surface area contributed by atoms with E-state index in [-0.39, 0.29) is 0 Å². The van der Waals surface area contributed by atoms with Crippen molar-refractivity contribution in [3.63, 3.8) is 0 Å². The SMILES string of the molecule is C=C/C=C\c1c(C)c2ccccc2n1-c1c(C#N)cccc1-c1ccccc1-c1cccc(-c2c3ccccc3c(-c3ccccc3)c3ccccc23)c1. The highest BCUT2D eigenvalue weighted by Crippen LogP contribution is 2.45. The van der Waals surface area contributed by atoms with Crippen molar-refractivity contribution in [1.29, 1.82) is 5.26 Å². The van der Waals surface area contributed by atoms with Crippen molar-refractivity contribution in [3.05, 3.63) is 205 Å². The van der Waals surface area contributed by atoms with Gasteiger partial charge in [0.15, 0.2) is 0 Å². The molecule has 254 valence electrons. The third-order valence-electron chi connectivity index (χ3n) is 10.6. The number of allylic oxidation sites excluding steroid dienone is 2. The van der Waals surface area contributed by atoms with Gasteiger partial charge in [0.25, 0.3) is 0 Å². The van der Waals surface area contributed by atoms with Gasteiger partial charge in [0, 0.05) is 16.6 Å². The first-order valence-corrected chi connectivity index (χ1v) is 18.3. The van der Waals surface area contributed by atoms with Crippen LogP contribution in [0.5, 0.6) is 0 Å². The van der Waals surface area contributed by atoms with Crippen molar-refractivity contribution >= 4 is 38.5 Å². The molecule has 0 unspecified atom stereocenters. The van der Waals surface area contributed by atoms with Crippen LogP contribution in [0.4, 0.5) is 0 Å². The summed E-state index contributed by atoms with van der Waals surface area (Å²) in [5.41, 5.74) is 13.8. The van der Waals surface area contributed by atoms with Crippen LogP contribution in [0.2, 0.25) is 0 Å². The van der Waals surface area contributed by atoms with E-state index in [2.05, 4.69) is 188 Å². The third kappa shape index (κ3) is 5.34. The molecule has 1 aromatic heterocycles. The lowest BCUT2D eigenvalue weighted by atomic mass is 9.85. The molecule has 54 heavy (non-hydrogen) atoms. The summed E-state index contributed by atoms with van der Waals surface area (Å²) in [5.74, 6) is 0. The molecule has 0 atom stereocenters. The van der Waals surface area contributed by atoms with Gasteiger partial charge in [0.1, 0.15) is 6.07 Å². The number of aromatic nitrogens is 1. The topological polar surface area (TPSA) is 28.7 Å². The largest absolute Gasteiger partial charge is 0.308 e. The molecule has 0 N–H and O–H groups in total. The molecular formula is C52H36N2. The summed E-state index contributed by atoms with van der Waals surface area (Å²) in [6.07, 6.45) is 5.85. The van der Waals surface area contributed by atoms with Crippen molar-refractivity contribution < 1.29 is 0 Å². The van der Waals surface area contributed by atoms with Crippen molar-refractivity contribution in [2.75, 3.05) is 0 Å². The number of hydrogen-bond acceptors (Lipinski definition) is 1. The molecule has 0 aliphatic heterocycles. The lowest BCUT2D eigenvalue weighted by Crippen LogP contribution is -2.03. The van der Waals surface area contributed by atoms with Gasteiger partial charge in [-0.3, -0.25) is 0 Å². The van der Waals surface area contributed by atoms with Gasteiger partial charge in [-0.1, -0.05) is 170 Å². The van der Waals surface area contributed by atoms with Crippen LogP contribution >= 0.6 is 0 Å². The summed E-state index contributed by atoms with van der Waals surface area (Å²) in [7, 11) is 0. The van der Waals surface area contributed by atoms with Crippen LogP contribution in [0, 0.1) is 18.3 Å². The predicted molar refractivity (Wildman–Crippen MR) is 229 cm³/mol. The van der Waals surface area contributed by atoms with E-state index in [1.807, 2.05) is 18.2 Å². The normalized spacial score (nSPS) is 11.4. The lowest BCUT2D eigenvalue weighted by Gasteiger charge is -2.20. The minimum Gasteiger partial charge on any atom is -0.308 e. The molecule has 2 heteroatoms. The Morgan fingerprint density at radius 1 is 0.519 bits per heavy atom. The zero-order valence-corrected chi connectivity index (χ0v) is 30.0. The summed E-state index contributed by atoms with van der Waals surface area (Å²) in [6.45, 7) is 6.09. The van der Waals surface area contributed by atoms with Crippen LogP contribution in [-0.4, -0.2) is 4.57 Å². The minimum atomic E-state index is 0.613. The molecule has 0 saturated carbocycles. The Morgan fingerprint density at radius 3 is 1.70 bits per heavy atom. The van der Waals surface area contributed by atoms with Crippen molar-refractivity contribution in [2.24, 2.45) is 0 Å². The van der Waals surface area contributed by atoms with Gasteiger partial charge >= 0.3 is 0 Å². The Morgan fingerprint density at radius 2 is 1.04 bits per heavy atom. The molecule has 0 aliphatic carbocycles. The molecule has 9 rings (SSSR count). The van der Waals surface area contributed by atoms with Gasteiger partial charge in [-0.05, 0) is 97.3 Å². The number of hydrogen-bond donors (Lipinski definition) is 0. The second kappa shape index (κ2) is 13.7. The van der Waals surface area contributed by atoms with Crippen LogP contribution in [0.15, 0.2) is 189 Å². The van der Waals surface area contributed by atoms with Crippen LogP contribution < -0.4 is 0 Å². The first kappa shape index (κ1) is 32.7. The Bertz CT molecular complexity index is 2910. The van der Waals surface area contributed by atoms with Crippen molar-refractivity contribution in [1.82, 2.24) is 4.57 Å². The average molecular weight is 689 g/mol. The van der Waals surface area contributed by atoms with Crippen LogP contribution in [0.1, 0.15) is 16.8 Å². The first-order valence-electron chi connectivity index (χ1n) is 18.3. The van der Waals surface area contributed by atoms with Crippen LogP contribution in [0.25, 0.3) is 88.7 Å². The van der Waals surface area contributed by atoms with Gasteiger partial charge in [-0.25, -0.2) is 0 Å². The second-order valence-corrected chi connectivity index (χ2v) is 13.6. The highest BCUT2D eigenvalue weighted by molar-refractivity contribution is 6.21. The Hall–Kier alpha value is -7.21. The molecule has 0 saturated heterocycles. The Labute approximate surface area is 315 Å². The third-order valence-corrected chi connectivity index (χ3v) is 10.6. The zero-order chi connectivity index (χ0) is 36.6. The van der Waals surface area contributed by atoms with Gasteiger partial charge in [0.05, 0.1) is 16.8 Å². The Kier molecular flexibility index (Phi) is 8.31.